The summed E-state index contributed by atoms with van der Waals surface area (Å²) in [6, 6.07) is 3.18. The molecule has 1 aromatic rings. The zero-order valence-electron chi connectivity index (χ0n) is 9.28. The SMILES string of the molecule is O=S(=O)(NC1CCCNCC1)c1ccc(Cl)s1. The molecule has 2 N–H and O–H groups in total. The molecule has 0 bridgehead atoms. The van der Waals surface area contributed by atoms with Crippen molar-refractivity contribution in [2.24, 2.45) is 0 Å². The molecule has 2 rings (SSSR count). The monoisotopic (exact) mass is 294 g/mol. The maximum absolute atomic E-state index is 12.0. The average molecular weight is 295 g/mol. The van der Waals surface area contributed by atoms with Crippen LogP contribution in [0, 0.1) is 0 Å². The molecule has 96 valence electrons. The molecule has 7 heteroatoms. The van der Waals surface area contributed by atoms with Gasteiger partial charge in [-0.1, -0.05) is 11.6 Å². The van der Waals surface area contributed by atoms with Gasteiger partial charge in [0.15, 0.2) is 0 Å². The standard InChI is InChI=1S/C10H15ClN2O2S2/c11-9-3-4-10(16-9)17(14,15)13-8-2-1-6-12-7-5-8/h3-4,8,12-13H,1-2,5-7H2. The van der Waals surface area contributed by atoms with Crippen molar-refractivity contribution in [2.75, 3.05) is 13.1 Å². The molecular weight excluding hydrogens is 280 g/mol. The minimum atomic E-state index is -3.40. The van der Waals surface area contributed by atoms with Gasteiger partial charge >= 0.3 is 0 Å². The summed E-state index contributed by atoms with van der Waals surface area (Å²) in [6.07, 6.45) is 2.71. The fourth-order valence-electron chi connectivity index (χ4n) is 1.86. The van der Waals surface area contributed by atoms with Gasteiger partial charge in [0.1, 0.15) is 4.21 Å². The Labute approximate surface area is 110 Å². The van der Waals surface area contributed by atoms with E-state index in [1.807, 2.05) is 0 Å². The minimum absolute atomic E-state index is 0.0240. The van der Waals surface area contributed by atoms with Gasteiger partial charge in [-0.05, 0) is 44.5 Å². The summed E-state index contributed by atoms with van der Waals surface area (Å²) in [7, 11) is -3.40. The molecule has 1 unspecified atom stereocenters. The molecule has 17 heavy (non-hydrogen) atoms. The van der Waals surface area contributed by atoms with Crippen LogP contribution in [0.4, 0.5) is 0 Å². The van der Waals surface area contributed by atoms with Gasteiger partial charge in [-0.25, -0.2) is 13.1 Å². The Bertz CT molecular complexity index is 464. The Kier molecular flexibility index (Phi) is 4.43. The van der Waals surface area contributed by atoms with Crippen LogP contribution in [0.15, 0.2) is 16.3 Å². The zero-order chi connectivity index (χ0) is 12.3. The number of nitrogens with one attached hydrogen (secondary N) is 2. The molecule has 1 aliphatic heterocycles. The van der Waals surface area contributed by atoms with Crippen molar-refractivity contribution in [3.8, 4) is 0 Å². The normalized spacial score (nSPS) is 22.3. The van der Waals surface area contributed by atoms with Gasteiger partial charge in [0.2, 0.25) is 10.0 Å². The highest BCUT2D eigenvalue weighted by atomic mass is 35.5. The van der Waals surface area contributed by atoms with Gasteiger partial charge in [-0.15, -0.1) is 11.3 Å². The van der Waals surface area contributed by atoms with Gasteiger partial charge in [0.25, 0.3) is 0 Å². The average Bonchev–Trinajstić information content (AvgIpc) is 2.55. The second kappa shape index (κ2) is 5.67. The van der Waals surface area contributed by atoms with E-state index in [1.54, 1.807) is 12.1 Å². The third-order valence-electron chi connectivity index (χ3n) is 2.71. The first kappa shape index (κ1) is 13.3. The quantitative estimate of drug-likeness (QED) is 0.894. The van der Waals surface area contributed by atoms with E-state index in [0.717, 1.165) is 43.7 Å². The largest absolute Gasteiger partial charge is 0.317 e. The first-order valence-electron chi connectivity index (χ1n) is 5.56. The number of halogens is 1. The van der Waals surface area contributed by atoms with E-state index in [9.17, 15) is 8.42 Å². The van der Waals surface area contributed by atoms with Gasteiger partial charge in [0.05, 0.1) is 4.34 Å². The molecule has 1 atom stereocenters. The van der Waals surface area contributed by atoms with Gasteiger partial charge < -0.3 is 5.32 Å². The Morgan fingerprint density at radius 2 is 2.18 bits per heavy atom. The number of hydrogen-bond acceptors (Lipinski definition) is 4. The van der Waals surface area contributed by atoms with Crippen molar-refractivity contribution in [1.82, 2.24) is 10.0 Å². The van der Waals surface area contributed by atoms with Crippen molar-refractivity contribution in [1.29, 1.82) is 0 Å². The molecule has 1 aromatic heterocycles. The predicted molar refractivity (Wildman–Crippen MR) is 70.2 cm³/mol. The lowest BCUT2D eigenvalue weighted by Gasteiger charge is -2.14. The van der Waals surface area contributed by atoms with Crippen molar-refractivity contribution < 1.29 is 8.42 Å². The van der Waals surface area contributed by atoms with Crippen LogP contribution in [0.2, 0.25) is 4.34 Å². The maximum atomic E-state index is 12.0. The van der Waals surface area contributed by atoms with Crippen LogP contribution in [-0.2, 0) is 10.0 Å². The van der Waals surface area contributed by atoms with E-state index in [0.29, 0.717) is 8.55 Å². The van der Waals surface area contributed by atoms with Crippen molar-refractivity contribution in [3.63, 3.8) is 0 Å². The Morgan fingerprint density at radius 1 is 1.35 bits per heavy atom. The molecule has 0 radical (unpaired) electrons. The summed E-state index contributed by atoms with van der Waals surface area (Å²) < 4.78 is 27.6. The first-order valence-corrected chi connectivity index (χ1v) is 8.24. The highest BCUT2D eigenvalue weighted by Crippen LogP contribution is 2.25. The second-order valence-corrected chi connectivity index (χ2v) is 7.71. The minimum Gasteiger partial charge on any atom is -0.317 e. The van der Waals surface area contributed by atoms with Gasteiger partial charge in [-0.3, -0.25) is 0 Å². The first-order chi connectivity index (χ1) is 8.08. The van der Waals surface area contributed by atoms with Crippen LogP contribution >= 0.6 is 22.9 Å². The lowest BCUT2D eigenvalue weighted by atomic mass is 10.1. The molecule has 1 aliphatic rings. The molecule has 4 nitrogen and oxygen atoms in total. The zero-order valence-corrected chi connectivity index (χ0v) is 11.7. The molecule has 0 saturated carbocycles. The molecule has 2 heterocycles. The summed E-state index contributed by atoms with van der Waals surface area (Å²) >= 11 is 6.84. The summed E-state index contributed by atoms with van der Waals surface area (Å²) in [5, 5.41) is 3.25. The molecule has 0 aromatic carbocycles. The number of hydrogen-bond donors (Lipinski definition) is 2. The van der Waals surface area contributed by atoms with E-state index in [2.05, 4.69) is 10.0 Å². The molecule has 1 fully saturated rings. The van der Waals surface area contributed by atoms with Gasteiger partial charge in [-0.2, -0.15) is 0 Å². The molecule has 0 amide bonds. The highest BCUT2D eigenvalue weighted by Gasteiger charge is 2.22. The van der Waals surface area contributed by atoms with Crippen molar-refractivity contribution in [3.05, 3.63) is 16.5 Å². The smallest absolute Gasteiger partial charge is 0.250 e. The van der Waals surface area contributed by atoms with Crippen LogP contribution in [0.25, 0.3) is 0 Å². The lowest BCUT2D eigenvalue weighted by Crippen LogP contribution is -2.35. The summed E-state index contributed by atoms with van der Waals surface area (Å²) in [4.78, 5) is 0. The maximum Gasteiger partial charge on any atom is 0.250 e. The van der Waals surface area contributed by atoms with E-state index in [1.165, 1.54) is 0 Å². The third-order valence-corrected chi connectivity index (χ3v) is 5.95. The third kappa shape index (κ3) is 3.66. The number of thiophene rings is 1. The predicted octanol–water partition coefficient (Wildman–Crippen LogP) is 1.82. The topological polar surface area (TPSA) is 58.2 Å². The van der Waals surface area contributed by atoms with Crippen LogP contribution in [0.3, 0.4) is 0 Å². The van der Waals surface area contributed by atoms with Crippen molar-refractivity contribution >= 4 is 33.0 Å². The Balaban J connectivity index is 2.06. The molecule has 0 spiro atoms. The lowest BCUT2D eigenvalue weighted by molar-refractivity contribution is 0.519. The van der Waals surface area contributed by atoms with E-state index in [4.69, 9.17) is 11.6 Å². The van der Waals surface area contributed by atoms with Crippen LogP contribution in [0.1, 0.15) is 19.3 Å². The Morgan fingerprint density at radius 3 is 2.88 bits per heavy atom. The second-order valence-electron chi connectivity index (χ2n) is 4.06. The van der Waals surface area contributed by atoms with Crippen LogP contribution in [0.5, 0.6) is 0 Å². The van der Waals surface area contributed by atoms with Gasteiger partial charge in [0, 0.05) is 6.04 Å². The molecule has 0 aliphatic carbocycles. The fraction of sp³-hybridized carbons (Fsp3) is 0.600. The Hall–Kier alpha value is -0.140. The van der Waals surface area contributed by atoms with E-state index in [-0.39, 0.29) is 6.04 Å². The number of rotatable bonds is 3. The van der Waals surface area contributed by atoms with E-state index < -0.39 is 10.0 Å². The fourth-order valence-corrected chi connectivity index (χ4v) is 4.66. The van der Waals surface area contributed by atoms with Crippen molar-refractivity contribution in [2.45, 2.75) is 29.5 Å². The number of sulfonamides is 1. The van der Waals surface area contributed by atoms with Crippen LogP contribution in [-0.4, -0.2) is 27.5 Å². The summed E-state index contributed by atoms with van der Waals surface area (Å²) in [5.74, 6) is 0. The molecular formula is C10H15ClN2O2S2. The summed E-state index contributed by atoms with van der Waals surface area (Å²) in [5.41, 5.74) is 0. The van der Waals surface area contributed by atoms with E-state index >= 15 is 0 Å². The van der Waals surface area contributed by atoms with Crippen LogP contribution < -0.4 is 10.0 Å². The molecule has 1 saturated heterocycles. The highest BCUT2D eigenvalue weighted by molar-refractivity contribution is 7.91. The summed E-state index contributed by atoms with van der Waals surface area (Å²) in [6.45, 7) is 1.82.